The number of halogens is 1. The van der Waals surface area contributed by atoms with Crippen molar-refractivity contribution in [1.82, 2.24) is 14.5 Å². The first-order valence-electron chi connectivity index (χ1n) is 13.3. The Balaban J connectivity index is 1.14. The van der Waals surface area contributed by atoms with Gasteiger partial charge in [0.1, 0.15) is 5.82 Å². The molecule has 0 bridgehead atoms. The van der Waals surface area contributed by atoms with Crippen LogP contribution in [-0.2, 0) is 19.4 Å². The summed E-state index contributed by atoms with van der Waals surface area (Å²) >= 11 is 1.57. The van der Waals surface area contributed by atoms with Crippen LogP contribution < -0.4 is 11.1 Å². The van der Waals surface area contributed by atoms with Crippen LogP contribution in [0.1, 0.15) is 60.8 Å². The normalized spacial score (nSPS) is 11.1. The molecule has 0 atom stereocenters. The molecule has 0 amide bonds. The molecule has 0 spiro atoms. The molecular weight excluding hydrogens is 497 g/mol. The lowest BCUT2D eigenvalue weighted by molar-refractivity contribution is 0.607. The summed E-state index contributed by atoms with van der Waals surface area (Å²) in [6.45, 7) is 0.519. The van der Waals surface area contributed by atoms with Crippen molar-refractivity contribution in [3.8, 4) is 0 Å². The molecule has 4 rings (SSSR count). The average Bonchev–Trinajstić information content (AvgIpc) is 2.92. The van der Waals surface area contributed by atoms with Gasteiger partial charge in [-0.25, -0.2) is 9.37 Å². The van der Waals surface area contributed by atoms with E-state index < -0.39 is 0 Å². The average molecular weight is 532 g/mol. The number of H-pyrrole nitrogens is 1. The fourth-order valence-corrected chi connectivity index (χ4v) is 5.19. The van der Waals surface area contributed by atoms with Crippen molar-refractivity contribution in [3.05, 3.63) is 128 Å². The smallest absolute Gasteiger partial charge is 0.255 e. The van der Waals surface area contributed by atoms with Crippen molar-refractivity contribution < 1.29 is 4.39 Å². The number of thioether (sulfide) groups is 1. The summed E-state index contributed by atoms with van der Waals surface area (Å²) in [5, 5.41) is 0.635. The highest BCUT2D eigenvalue weighted by atomic mass is 32.2. The van der Waals surface area contributed by atoms with E-state index in [2.05, 4.69) is 9.97 Å². The summed E-state index contributed by atoms with van der Waals surface area (Å²) in [4.78, 5) is 32.4. The zero-order valence-electron chi connectivity index (χ0n) is 21.6. The van der Waals surface area contributed by atoms with Crippen molar-refractivity contribution >= 4 is 11.8 Å². The second-order valence-corrected chi connectivity index (χ2v) is 10.6. The van der Waals surface area contributed by atoms with Crippen molar-refractivity contribution in [2.45, 2.75) is 63.1 Å². The lowest BCUT2D eigenvalue weighted by Crippen LogP contribution is -2.21. The van der Waals surface area contributed by atoms with Gasteiger partial charge < -0.3 is 9.55 Å². The molecule has 38 heavy (non-hydrogen) atoms. The summed E-state index contributed by atoms with van der Waals surface area (Å²) in [5.41, 5.74) is 3.36. The second-order valence-electron chi connectivity index (χ2n) is 9.55. The van der Waals surface area contributed by atoms with Crippen molar-refractivity contribution in [2.75, 3.05) is 5.75 Å². The number of hydrogen-bond donors (Lipinski definition) is 1. The van der Waals surface area contributed by atoms with Gasteiger partial charge in [0.25, 0.3) is 11.1 Å². The van der Waals surface area contributed by atoms with E-state index in [1.807, 2.05) is 48.5 Å². The van der Waals surface area contributed by atoms with Gasteiger partial charge in [-0.05, 0) is 54.2 Å². The van der Waals surface area contributed by atoms with E-state index in [9.17, 15) is 14.0 Å². The maximum Gasteiger partial charge on any atom is 0.255 e. The molecule has 2 aromatic carbocycles. The molecule has 7 heteroatoms. The Bertz CT molecular complexity index is 1400. The number of aromatic nitrogens is 3. The molecule has 0 radical (unpaired) electrons. The van der Waals surface area contributed by atoms with Gasteiger partial charge in [0.2, 0.25) is 0 Å². The quantitative estimate of drug-likeness (QED) is 0.116. The number of pyridine rings is 1. The van der Waals surface area contributed by atoms with Crippen LogP contribution >= 0.6 is 11.8 Å². The highest BCUT2D eigenvalue weighted by molar-refractivity contribution is 7.99. The van der Waals surface area contributed by atoms with Gasteiger partial charge in [0.05, 0.1) is 6.54 Å². The van der Waals surface area contributed by atoms with Crippen molar-refractivity contribution in [1.29, 1.82) is 0 Å². The van der Waals surface area contributed by atoms with E-state index in [4.69, 9.17) is 0 Å². The van der Waals surface area contributed by atoms with E-state index in [1.165, 1.54) is 37.0 Å². The summed E-state index contributed by atoms with van der Waals surface area (Å²) < 4.78 is 14.6. The highest BCUT2D eigenvalue weighted by Gasteiger charge is 2.07. The molecule has 2 heterocycles. The van der Waals surface area contributed by atoms with Gasteiger partial charge in [-0.1, -0.05) is 79.9 Å². The number of aryl methyl sites for hydroxylation is 1. The van der Waals surface area contributed by atoms with Crippen LogP contribution in [0.25, 0.3) is 0 Å². The molecule has 5 nitrogen and oxygen atoms in total. The first kappa shape index (κ1) is 27.6. The van der Waals surface area contributed by atoms with Gasteiger partial charge in [-0.15, -0.1) is 0 Å². The third kappa shape index (κ3) is 8.84. The Labute approximate surface area is 227 Å². The van der Waals surface area contributed by atoms with Crippen molar-refractivity contribution in [3.63, 3.8) is 0 Å². The Morgan fingerprint density at radius 1 is 0.816 bits per heavy atom. The largest absolute Gasteiger partial charge is 0.311 e. The van der Waals surface area contributed by atoms with Crippen molar-refractivity contribution in [2.24, 2.45) is 0 Å². The van der Waals surface area contributed by atoms with E-state index in [0.717, 1.165) is 42.6 Å². The fourth-order valence-electron chi connectivity index (χ4n) is 4.35. The molecule has 198 valence electrons. The molecule has 0 saturated carbocycles. The summed E-state index contributed by atoms with van der Waals surface area (Å²) in [7, 11) is 0. The van der Waals surface area contributed by atoms with Crippen LogP contribution in [0.4, 0.5) is 4.39 Å². The lowest BCUT2D eigenvalue weighted by atomic mass is 10.1. The van der Waals surface area contributed by atoms with E-state index >= 15 is 0 Å². The number of rotatable bonds is 14. The number of hydrogen-bond acceptors (Lipinski definition) is 4. The van der Waals surface area contributed by atoms with E-state index in [-0.39, 0.29) is 16.9 Å². The minimum Gasteiger partial charge on any atom is -0.311 e. The van der Waals surface area contributed by atoms with Crippen LogP contribution in [0.15, 0.2) is 93.9 Å². The number of nitrogens with zero attached hydrogens (tertiary/aromatic N) is 2. The first-order chi connectivity index (χ1) is 18.6. The Morgan fingerprint density at radius 2 is 1.55 bits per heavy atom. The minimum absolute atomic E-state index is 0.0872. The Kier molecular flexibility index (Phi) is 10.5. The second kappa shape index (κ2) is 14.5. The van der Waals surface area contributed by atoms with Crippen LogP contribution in [0.5, 0.6) is 0 Å². The fraction of sp³-hybridized carbons (Fsp3) is 0.323. The van der Waals surface area contributed by atoms with Gasteiger partial charge >= 0.3 is 0 Å². The predicted molar refractivity (Wildman–Crippen MR) is 152 cm³/mol. The van der Waals surface area contributed by atoms with E-state index in [1.54, 1.807) is 34.8 Å². The molecule has 2 aromatic heterocycles. The molecule has 0 saturated heterocycles. The number of unbranched alkanes of at least 4 members (excludes halogenated alkanes) is 5. The van der Waals surface area contributed by atoms with Crippen LogP contribution in [-0.4, -0.2) is 20.3 Å². The molecule has 0 aliphatic heterocycles. The Morgan fingerprint density at radius 3 is 2.29 bits per heavy atom. The number of aromatic amines is 1. The molecule has 0 unspecified atom stereocenters. The maximum absolute atomic E-state index is 12.9. The third-order valence-corrected chi connectivity index (χ3v) is 7.49. The standard InChI is InChI=1S/C31H34FN3O2S/c32-28-15-13-24(14-16-28)10-6-3-1-2-4-9-19-38-31-33-22-27(30(37)34-31)20-26-17-18-35(29(36)21-26)23-25-11-7-5-8-12-25/h5,7-8,11-18,21-22H,1-4,6,9-10,19-20,23H2,(H,33,34,37). The van der Waals surface area contributed by atoms with Gasteiger partial charge in [0.15, 0.2) is 5.16 Å². The number of benzene rings is 2. The van der Waals surface area contributed by atoms with Crippen LogP contribution in [0.2, 0.25) is 0 Å². The first-order valence-corrected chi connectivity index (χ1v) is 14.2. The zero-order chi connectivity index (χ0) is 26.6. The SMILES string of the molecule is O=c1[nH]c(SCCCCCCCCc2ccc(F)cc2)ncc1Cc1ccn(Cc2ccccc2)c(=O)c1. The Hall–Kier alpha value is -3.45. The van der Waals surface area contributed by atoms with Gasteiger partial charge in [-0.3, -0.25) is 9.59 Å². The molecule has 0 aliphatic carbocycles. The maximum atomic E-state index is 12.9. The van der Waals surface area contributed by atoms with Gasteiger partial charge in [-0.2, -0.15) is 0 Å². The monoisotopic (exact) mass is 531 g/mol. The molecule has 1 N–H and O–H groups in total. The zero-order valence-corrected chi connectivity index (χ0v) is 22.4. The number of nitrogens with one attached hydrogen (secondary N) is 1. The van der Waals surface area contributed by atoms with Gasteiger partial charge in [0, 0.05) is 36.2 Å². The predicted octanol–water partition coefficient (Wildman–Crippen LogP) is 6.39. The van der Waals surface area contributed by atoms with Crippen LogP contribution in [0.3, 0.4) is 0 Å². The molecule has 4 aromatic rings. The minimum atomic E-state index is -0.180. The summed E-state index contributed by atoms with van der Waals surface area (Å²) in [6, 6.07) is 20.1. The molecule has 0 fully saturated rings. The lowest BCUT2D eigenvalue weighted by Gasteiger charge is -2.08. The summed E-state index contributed by atoms with van der Waals surface area (Å²) in [5.74, 6) is 0.734. The summed E-state index contributed by atoms with van der Waals surface area (Å²) in [6.07, 6.45) is 11.7. The molecule has 0 aliphatic rings. The topological polar surface area (TPSA) is 67.8 Å². The third-order valence-electron chi connectivity index (χ3n) is 6.51. The van der Waals surface area contributed by atoms with Crippen LogP contribution in [0, 0.1) is 5.82 Å². The van der Waals surface area contributed by atoms with E-state index in [0.29, 0.717) is 23.7 Å². The molecular formula is C31H34FN3O2S. The highest BCUT2D eigenvalue weighted by Crippen LogP contribution is 2.16.